The smallest absolute Gasteiger partial charge is 0.250 e. The van der Waals surface area contributed by atoms with Crippen molar-refractivity contribution in [3.8, 4) is 0 Å². The Kier molecular flexibility index (Phi) is 9.95. The van der Waals surface area contributed by atoms with Crippen LogP contribution in [0, 0.1) is 5.92 Å². The van der Waals surface area contributed by atoms with Crippen LogP contribution in [0.5, 0.6) is 0 Å². The number of nitrogens with one attached hydrogen (secondary N) is 2. The summed E-state index contributed by atoms with van der Waals surface area (Å²) < 4.78 is 7.56. The number of carbonyl (C=O) groups excluding carboxylic acids is 3. The number of nitrogens with zero attached hydrogens (tertiary/aromatic N) is 3. The molecule has 0 bridgehead atoms. The number of hydrogen-bond acceptors (Lipinski definition) is 6. The van der Waals surface area contributed by atoms with E-state index in [0.29, 0.717) is 19.0 Å². The molecular formula is C35H42N6O4. The Morgan fingerprint density at radius 2 is 1.69 bits per heavy atom. The number of nitrogens with two attached hydrogens (primary N) is 1. The van der Waals surface area contributed by atoms with Crippen molar-refractivity contribution in [2.24, 2.45) is 11.7 Å². The highest BCUT2D eigenvalue weighted by atomic mass is 16.5. The van der Waals surface area contributed by atoms with Gasteiger partial charge >= 0.3 is 0 Å². The van der Waals surface area contributed by atoms with Gasteiger partial charge in [-0.15, -0.1) is 0 Å². The molecule has 236 valence electrons. The molecule has 1 unspecified atom stereocenters. The van der Waals surface area contributed by atoms with Crippen LogP contribution in [0.3, 0.4) is 0 Å². The number of carbonyl (C=O) groups is 3. The fourth-order valence-electron chi connectivity index (χ4n) is 5.46. The molecule has 0 radical (unpaired) electrons. The number of rotatable bonds is 11. The van der Waals surface area contributed by atoms with E-state index in [4.69, 9.17) is 10.5 Å². The van der Waals surface area contributed by atoms with E-state index in [1.165, 1.54) is 0 Å². The first-order valence-electron chi connectivity index (χ1n) is 15.4. The standard InChI is InChI=1S/C35H42N6O4/c1-24-16-18-40(19-17-24)33(43)31(28-15-9-13-26-12-7-8-14-27(26)28)41-20-30(37-23-41)39-32(42)29(38-34(44)35(2,3)36)22-45-21-25-10-5-4-6-11-25/h4-15,20,23-24,29,31H,16-19,21-22,36H2,1-3H3,(H,38,44)(H,39,42)/t29-,31?/m1/s1. The maximum absolute atomic E-state index is 14.2. The summed E-state index contributed by atoms with van der Waals surface area (Å²) in [6, 6.07) is 21.8. The Bertz CT molecular complexity index is 1620. The van der Waals surface area contributed by atoms with Gasteiger partial charge in [0.15, 0.2) is 5.82 Å². The molecule has 5 rings (SSSR count). The second-order valence-electron chi connectivity index (χ2n) is 12.4. The zero-order valence-corrected chi connectivity index (χ0v) is 26.1. The number of fused-ring (bicyclic) bond motifs is 1. The molecule has 45 heavy (non-hydrogen) atoms. The second kappa shape index (κ2) is 14.0. The van der Waals surface area contributed by atoms with E-state index in [0.717, 1.165) is 34.7 Å². The summed E-state index contributed by atoms with van der Waals surface area (Å²) in [6.07, 6.45) is 5.14. The zero-order chi connectivity index (χ0) is 32.0. The van der Waals surface area contributed by atoms with Crippen LogP contribution in [-0.2, 0) is 25.7 Å². The lowest BCUT2D eigenvalue weighted by Crippen LogP contribution is -2.56. The lowest BCUT2D eigenvalue weighted by molar-refractivity contribution is -0.134. The van der Waals surface area contributed by atoms with Gasteiger partial charge in [0.1, 0.15) is 12.1 Å². The van der Waals surface area contributed by atoms with Crippen molar-refractivity contribution in [1.82, 2.24) is 19.8 Å². The fraction of sp³-hybridized carbons (Fsp3) is 0.371. The van der Waals surface area contributed by atoms with Crippen LogP contribution >= 0.6 is 0 Å². The Morgan fingerprint density at radius 3 is 2.42 bits per heavy atom. The molecule has 4 aromatic rings. The maximum atomic E-state index is 14.2. The monoisotopic (exact) mass is 610 g/mol. The average molecular weight is 611 g/mol. The van der Waals surface area contributed by atoms with Crippen molar-refractivity contribution in [2.75, 3.05) is 25.0 Å². The van der Waals surface area contributed by atoms with Crippen LogP contribution in [0.2, 0.25) is 0 Å². The number of hydrogen-bond donors (Lipinski definition) is 3. The van der Waals surface area contributed by atoms with Gasteiger partial charge in [-0.2, -0.15) is 0 Å². The van der Waals surface area contributed by atoms with Crippen molar-refractivity contribution < 1.29 is 19.1 Å². The minimum atomic E-state index is -1.20. The summed E-state index contributed by atoms with van der Waals surface area (Å²) in [7, 11) is 0. The largest absolute Gasteiger partial charge is 0.374 e. The zero-order valence-electron chi connectivity index (χ0n) is 26.1. The number of piperidine rings is 1. The summed E-state index contributed by atoms with van der Waals surface area (Å²) in [5.74, 6) is -0.189. The molecule has 1 aliphatic rings. The van der Waals surface area contributed by atoms with E-state index in [1.807, 2.05) is 77.7 Å². The second-order valence-corrected chi connectivity index (χ2v) is 12.4. The van der Waals surface area contributed by atoms with E-state index in [9.17, 15) is 14.4 Å². The van der Waals surface area contributed by atoms with Gasteiger partial charge < -0.3 is 30.6 Å². The molecule has 0 saturated carbocycles. The van der Waals surface area contributed by atoms with Crippen LogP contribution < -0.4 is 16.4 Å². The molecule has 2 heterocycles. The number of ether oxygens (including phenoxy) is 1. The summed E-state index contributed by atoms with van der Waals surface area (Å²) in [5.41, 5.74) is 6.59. The lowest BCUT2D eigenvalue weighted by Gasteiger charge is -2.33. The lowest BCUT2D eigenvalue weighted by atomic mass is 9.95. The molecule has 10 heteroatoms. The highest BCUT2D eigenvalue weighted by Crippen LogP contribution is 2.31. The Morgan fingerprint density at radius 1 is 1.00 bits per heavy atom. The number of imidazole rings is 1. The van der Waals surface area contributed by atoms with Crippen molar-refractivity contribution in [3.05, 3.63) is 96.4 Å². The molecule has 1 fully saturated rings. The van der Waals surface area contributed by atoms with Crippen LogP contribution in [0.1, 0.15) is 50.8 Å². The van der Waals surface area contributed by atoms with Crippen LogP contribution in [0.25, 0.3) is 10.8 Å². The number of anilines is 1. The predicted molar refractivity (Wildman–Crippen MR) is 174 cm³/mol. The molecular weight excluding hydrogens is 568 g/mol. The van der Waals surface area contributed by atoms with Gasteiger partial charge in [-0.3, -0.25) is 14.4 Å². The molecule has 10 nitrogen and oxygen atoms in total. The molecule has 1 saturated heterocycles. The Labute approximate surface area is 263 Å². The Hall–Kier alpha value is -4.54. The third-order valence-electron chi connectivity index (χ3n) is 8.20. The van der Waals surface area contributed by atoms with Gasteiger partial charge in [0, 0.05) is 19.3 Å². The molecule has 1 aliphatic heterocycles. The van der Waals surface area contributed by atoms with E-state index < -0.39 is 29.4 Å². The number of amides is 3. The summed E-state index contributed by atoms with van der Waals surface area (Å²) in [5, 5.41) is 7.52. The summed E-state index contributed by atoms with van der Waals surface area (Å²) in [6.45, 7) is 6.93. The Balaban J connectivity index is 1.38. The highest BCUT2D eigenvalue weighted by Gasteiger charge is 2.32. The third kappa shape index (κ3) is 7.95. The molecule has 3 aromatic carbocycles. The first kappa shape index (κ1) is 31.9. The van der Waals surface area contributed by atoms with Gasteiger partial charge in [0.2, 0.25) is 11.8 Å². The quantitative estimate of drug-likeness (QED) is 0.233. The fourth-order valence-corrected chi connectivity index (χ4v) is 5.46. The van der Waals surface area contributed by atoms with E-state index in [1.54, 1.807) is 30.9 Å². The van der Waals surface area contributed by atoms with Crippen molar-refractivity contribution in [3.63, 3.8) is 0 Å². The van der Waals surface area contributed by atoms with Crippen molar-refractivity contribution in [1.29, 1.82) is 0 Å². The minimum Gasteiger partial charge on any atom is -0.374 e. The van der Waals surface area contributed by atoms with Crippen LogP contribution in [-0.4, -0.2) is 63.4 Å². The molecule has 4 N–H and O–H groups in total. The topological polar surface area (TPSA) is 132 Å². The first-order valence-corrected chi connectivity index (χ1v) is 15.4. The van der Waals surface area contributed by atoms with Gasteiger partial charge in [-0.05, 0) is 54.5 Å². The summed E-state index contributed by atoms with van der Waals surface area (Å²) >= 11 is 0. The summed E-state index contributed by atoms with van der Waals surface area (Å²) in [4.78, 5) is 46.7. The molecule has 0 aliphatic carbocycles. The van der Waals surface area contributed by atoms with Gasteiger partial charge in [0.25, 0.3) is 5.91 Å². The molecule has 1 aromatic heterocycles. The van der Waals surface area contributed by atoms with Crippen molar-refractivity contribution in [2.45, 2.75) is 57.8 Å². The van der Waals surface area contributed by atoms with Gasteiger partial charge in [0.05, 0.1) is 25.1 Å². The number of aromatic nitrogens is 2. The van der Waals surface area contributed by atoms with E-state index >= 15 is 0 Å². The minimum absolute atomic E-state index is 0.0156. The van der Waals surface area contributed by atoms with Gasteiger partial charge in [-0.1, -0.05) is 79.7 Å². The first-order chi connectivity index (χ1) is 21.6. The maximum Gasteiger partial charge on any atom is 0.250 e. The van der Waals surface area contributed by atoms with E-state index in [-0.39, 0.29) is 24.9 Å². The predicted octanol–water partition coefficient (Wildman–Crippen LogP) is 4.26. The van der Waals surface area contributed by atoms with Crippen LogP contribution in [0.4, 0.5) is 5.82 Å². The third-order valence-corrected chi connectivity index (χ3v) is 8.20. The molecule has 2 atom stereocenters. The van der Waals surface area contributed by atoms with Gasteiger partial charge in [-0.25, -0.2) is 4.98 Å². The van der Waals surface area contributed by atoms with Crippen molar-refractivity contribution >= 4 is 34.3 Å². The van der Waals surface area contributed by atoms with E-state index in [2.05, 4.69) is 22.5 Å². The van der Waals surface area contributed by atoms with Crippen LogP contribution in [0.15, 0.2) is 85.3 Å². The number of benzene rings is 3. The highest BCUT2D eigenvalue weighted by molar-refractivity contribution is 5.98. The molecule has 0 spiro atoms. The SMILES string of the molecule is CC1CCN(C(=O)C(c2cccc3ccccc23)n2cnc(NC(=O)[C@@H](COCc3ccccc3)NC(=O)C(C)(C)N)c2)CC1. The normalized spacial score (nSPS) is 15.4. The molecule has 3 amide bonds. The average Bonchev–Trinajstić information content (AvgIpc) is 3.48. The number of likely N-dealkylation sites (tertiary alicyclic amines) is 1.